The van der Waals surface area contributed by atoms with Gasteiger partial charge in [0.1, 0.15) is 58.2 Å². The Morgan fingerprint density at radius 1 is 0.595 bits per heavy atom. The first-order chi connectivity index (χ1) is 70.8. The van der Waals surface area contributed by atoms with Gasteiger partial charge < -0.3 is 113 Å². The zero-order valence-corrected chi connectivity index (χ0v) is 83.6. The largest absolute Gasteiger partial charge is 0.491 e. The van der Waals surface area contributed by atoms with Crippen molar-refractivity contribution in [2.75, 3.05) is 82.1 Å². The molecule has 0 aliphatic carbocycles. The molecule has 0 bridgehead atoms. The fourth-order valence-electron chi connectivity index (χ4n) is 17.6. The lowest BCUT2D eigenvalue weighted by atomic mass is 10.0. The highest BCUT2D eigenvalue weighted by Gasteiger charge is 2.37. The fourth-order valence-corrected chi connectivity index (χ4v) is 18.2. The molecule has 7 aromatic heterocycles. The lowest BCUT2D eigenvalue weighted by Crippen LogP contribution is -2.59. The van der Waals surface area contributed by atoms with E-state index in [2.05, 4.69) is 77.9 Å². The number of ether oxygens (including phenoxy) is 3. The molecule has 0 fully saturated rings. The number of hydrogen-bond acceptors (Lipinski definition) is 27. The summed E-state index contributed by atoms with van der Waals surface area (Å²) in [5, 5.41) is 80.4. The van der Waals surface area contributed by atoms with Crippen LogP contribution >= 0.6 is 23.2 Å². The van der Waals surface area contributed by atoms with Crippen molar-refractivity contribution in [3.05, 3.63) is 164 Å². The predicted molar refractivity (Wildman–Crippen MR) is 540 cm³/mol. The first-order valence-corrected chi connectivity index (χ1v) is 48.5. The number of nitrogens with zero attached hydrogens (tertiary/aromatic N) is 14. The molecule has 1 unspecified atom stereocenters. The number of aromatic amines is 1. The summed E-state index contributed by atoms with van der Waals surface area (Å²) in [6, 6.07) is 11.3. The average molecular weight is 2080 g/mol. The van der Waals surface area contributed by atoms with Gasteiger partial charge in [0.15, 0.2) is 23.4 Å². The summed E-state index contributed by atoms with van der Waals surface area (Å²) in [6.45, 7) is 12.4. The lowest BCUT2D eigenvalue weighted by molar-refractivity contribution is -0.143. The molecular formula is C97H116Cl2N28O21. The molecule has 11 aromatic rings. The van der Waals surface area contributed by atoms with Gasteiger partial charge in [-0.3, -0.25) is 97.0 Å². The first-order valence-electron chi connectivity index (χ1n) is 47.8. The maximum absolute atomic E-state index is 14.4. The summed E-state index contributed by atoms with van der Waals surface area (Å²) in [5.74, 6) is -14.5. The molecule has 21 N–H and O–H groups in total. The van der Waals surface area contributed by atoms with E-state index in [1.807, 2.05) is 42.4 Å². The molecule has 51 heteroatoms. The van der Waals surface area contributed by atoms with Crippen molar-refractivity contribution >= 4 is 162 Å². The van der Waals surface area contributed by atoms with Gasteiger partial charge in [0.05, 0.1) is 93.7 Å². The van der Waals surface area contributed by atoms with Crippen molar-refractivity contribution in [1.82, 2.24) is 105 Å². The number of aliphatic carboxylic acids is 4. The number of nitrogens with one attached hydrogen (secondary N) is 11. The molecule has 0 spiro atoms. The number of benzene rings is 4. The van der Waals surface area contributed by atoms with Gasteiger partial charge in [-0.1, -0.05) is 59.6 Å². The highest BCUT2D eigenvalue weighted by atomic mass is 35.5. The Kier molecular flexibility index (Phi) is 36.5. The zero-order valence-electron chi connectivity index (χ0n) is 82.1. The van der Waals surface area contributed by atoms with Crippen LogP contribution in [0.2, 0.25) is 10.0 Å². The van der Waals surface area contributed by atoms with Gasteiger partial charge in [-0.2, -0.15) is 10.2 Å². The molecule has 10 amide bonds. The number of H-pyrrole nitrogens is 1. The number of hydrogen-bond donors (Lipinski definition) is 18. The number of amides is 10. The number of primary amides is 2. The van der Waals surface area contributed by atoms with Crippen LogP contribution in [-0.4, -0.2) is 273 Å². The minimum absolute atomic E-state index is 0.00997. The molecule has 0 radical (unpaired) electrons. The maximum atomic E-state index is 14.4. The Hall–Kier alpha value is -16.3. The molecule has 2 aliphatic heterocycles. The number of carboxylic acids is 4. The van der Waals surface area contributed by atoms with E-state index in [0.29, 0.717) is 139 Å². The van der Waals surface area contributed by atoms with Crippen molar-refractivity contribution in [2.24, 2.45) is 24.2 Å². The standard InChI is InChI=1S/C97H116Cl2N28O21/c1-8-126-69(39-50(3)119-126)85-106-48-58-57-41-53(83(100)137)43-71(148-38-18-36-146-7)81(57)124(87(58)117-85)32-10-11-33-125-82-63(115-97(125)118-93(143)70-40-51(4)120-127(70)9-2)42-54(84(101)138)44-72(82)147-37-17-29-104-89(139)64(45-75(131)132)113-92(142)66(47-77(135)136)114-90(140)62(23-14-28-105-96(102)103)112-91(141)65(46-76(133)134)107-73(128)24-15-31-123-35-26-61-80(52(123)5)116-86(108-61)94(144)110-59-21-12-19-55(78(59)98)56-20-13-22-60(79(56)99)111-95(145)88-109-67-49-122(30-16-25-74(129)130)34-27-68(67)121(88)6/h10-13,19-22,39-44,48,52,62,64-66H,8-9,14-18,23-38,45-47,49H2,1-7H3,(H2,100,137)(H2,101,138)(H,104,139)(H,107,128)(H,108,116)(H,110,144)(H,111,145)(H,112,141)(H,113,142)(H,114,140)(H,129,130)(H,131,132)(H,133,134)(H,135,136)(H4,102,103,105)(H,115,118,143)/b11-10+/t52?,62-,64-,65-,66-/m0/s1. The maximum Gasteiger partial charge on any atom is 0.305 e. The van der Waals surface area contributed by atoms with Crippen molar-refractivity contribution in [1.29, 1.82) is 5.41 Å². The number of methoxy groups -OCH3 is 1. The highest BCUT2D eigenvalue weighted by molar-refractivity contribution is 6.40. The van der Waals surface area contributed by atoms with E-state index in [4.69, 9.17) is 80.1 Å². The number of allylic oxidation sites excluding steroid dienone is 2. The number of guanidine groups is 1. The van der Waals surface area contributed by atoms with E-state index < -0.39 is 138 Å². The number of aryl methyl sites for hydroxylation is 4. The van der Waals surface area contributed by atoms with Crippen LogP contribution in [0.4, 0.5) is 17.3 Å². The predicted octanol–water partition coefficient (Wildman–Crippen LogP) is 5.84. The van der Waals surface area contributed by atoms with E-state index in [9.17, 15) is 82.4 Å². The molecule has 13 rings (SSSR count). The summed E-state index contributed by atoms with van der Waals surface area (Å²) in [7, 11) is 3.32. The molecule has 784 valence electrons. The number of nitrogens with two attached hydrogens (primary N) is 3. The Bertz CT molecular complexity index is 6980. The summed E-state index contributed by atoms with van der Waals surface area (Å²) in [5.41, 5.74) is 25.1. The van der Waals surface area contributed by atoms with Crippen LogP contribution in [0.25, 0.3) is 55.6 Å². The van der Waals surface area contributed by atoms with Gasteiger partial charge in [-0.05, 0) is 128 Å². The molecular weight excluding hydrogens is 1960 g/mol. The number of anilines is 3. The summed E-state index contributed by atoms with van der Waals surface area (Å²) >= 11 is 14.0. The van der Waals surface area contributed by atoms with Crippen molar-refractivity contribution in [2.45, 2.75) is 181 Å². The van der Waals surface area contributed by atoms with E-state index in [-0.39, 0.29) is 157 Å². The Morgan fingerprint density at radius 2 is 1.18 bits per heavy atom. The van der Waals surface area contributed by atoms with Crippen LogP contribution in [0.5, 0.6) is 11.5 Å². The van der Waals surface area contributed by atoms with Gasteiger partial charge in [-0.15, -0.1) is 0 Å². The van der Waals surface area contributed by atoms with E-state index in [1.54, 1.807) is 109 Å². The molecule has 4 aromatic carbocycles. The number of carbonyl (C=O) groups excluding carboxylic acids is 10. The van der Waals surface area contributed by atoms with Crippen LogP contribution in [0.3, 0.4) is 0 Å². The number of fused-ring (bicyclic) bond motifs is 6. The van der Waals surface area contributed by atoms with Crippen molar-refractivity contribution in [3.8, 4) is 34.1 Å². The normalized spacial score (nSPS) is 13.9. The lowest BCUT2D eigenvalue weighted by Gasteiger charge is -2.32. The topological polar surface area (TPSA) is 695 Å². The van der Waals surface area contributed by atoms with Crippen molar-refractivity contribution < 1.29 is 102 Å². The fraction of sp³-hybridized carbons (Fsp3) is 0.402. The second-order valence-electron chi connectivity index (χ2n) is 35.4. The summed E-state index contributed by atoms with van der Waals surface area (Å²) in [6.07, 6.45) is 3.35. The van der Waals surface area contributed by atoms with Gasteiger partial charge in [0.25, 0.3) is 17.7 Å². The Labute approximate surface area is 855 Å². The van der Waals surface area contributed by atoms with Crippen molar-refractivity contribution in [3.63, 3.8) is 0 Å². The van der Waals surface area contributed by atoms with Crippen LogP contribution in [0, 0.1) is 19.3 Å². The molecule has 148 heavy (non-hydrogen) atoms. The second-order valence-corrected chi connectivity index (χ2v) is 36.1. The van der Waals surface area contributed by atoms with Crippen LogP contribution in [0.15, 0.2) is 91.1 Å². The third kappa shape index (κ3) is 26.9. The van der Waals surface area contributed by atoms with Crippen LogP contribution < -0.4 is 74.5 Å². The highest BCUT2D eigenvalue weighted by Crippen LogP contribution is 2.43. The third-order valence-electron chi connectivity index (χ3n) is 24.8. The van der Waals surface area contributed by atoms with Gasteiger partial charge >= 0.3 is 23.9 Å². The van der Waals surface area contributed by atoms with Crippen LogP contribution in [0.1, 0.15) is 184 Å². The smallest absolute Gasteiger partial charge is 0.305 e. The SMILES string of the molecule is CCn1nc(C)cc1C(=O)Nc1nc2cc(C(N)=O)cc(OCCCNC(=O)[C@H](CC(=O)O)NC(=O)[C@H](CC(=O)O)NC(=O)[C@H](CCCNC(=N)N)NC(=O)[C@H](CC(=O)O)NC(=O)CCCN3CCc4[nH]c(C(=O)Nc5cccc(-c6cccc(NC(=O)c7nc8c(n7C)CCN(CCCC(=O)O)C8)c6Cl)c5Cl)nc4C3C)c2n1C/C=C/Cn1c2nc(-c3cc(C)nn3CC)ncc2c2cc(C(N)=O)cc(OCCCOC)c21. The molecule has 9 heterocycles. The molecule has 0 saturated carbocycles. The van der Waals surface area contributed by atoms with Gasteiger partial charge in [0.2, 0.25) is 47.3 Å². The average Bonchev–Trinajstić information content (AvgIpc) is 1.58. The number of imidazole rings is 3. The summed E-state index contributed by atoms with van der Waals surface area (Å²) < 4.78 is 26.6. The van der Waals surface area contributed by atoms with Gasteiger partial charge in [-0.25, -0.2) is 24.9 Å². The quantitative estimate of drug-likeness (QED) is 0.00921. The monoisotopic (exact) mass is 2080 g/mol. The zero-order chi connectivity index (χ0) is 107. The van der Waals surface area contributed by atoms with E-state index >= 15 is 0 Å². The van der Waals surface area contributed by atoms with E-state index in [1.165, 1.54) is 16.8 Å². The molecule has 0 saturated heterocycles. The van der Waals surface area contributed by atoms with Crippen LogP contribution in [-0.2, 0) is 101 Å². The first kappa shape index (κ1) is 109. The Balaban J connectivity index is 0.637. The third-order valence-corrected chi connectivity index (χ3v) is 25.6. The molecule has 49 nitrogen and oxygen atoms in total. The minimum atomic E-state index is -2.10. The summed E-state index contributed by atoms with van der Waals surface area (Å²) in [4.78, 5) is 219. The number of aromatic nitrogens is 13. The molecule has 2 aliphatic rings. The van der Waals surface area contributed by atoms with E-state index in [0.717, 1.165) is 17.1 Å². The van der Waals surface area contributed by atoms with Gasteiger partial charge in [0, 0.05) is 162 Å². The second kappa shape index (κ2) is 49.5. The number of halogens is 2. The number of carbonyl (C=O) groups is 14. The number of rotatable bonds is 52. The number of carboxylic acid groups (broad SMARTS) is 4. The minimum Gasteiger partial charge on any atom is -0.491 e. The Morgan fingerprint density at radius 3 is 1.82 bits per heavy atom. The molecule has 5 atom stereocenters.